The van der Waals surface area contributed by atoms with Crippen molar-refractivity contribution in [2.75, 3.05) is 32.7 Å². The first-order valence-electron chi connectivity index (χ1n) is 9.91. The Labute approximate surface area is 168 Å². The molecule has 0 bridgehead atoms. The van der Waals surface area contributed by atoms with Gasteiger partial charge in [-0.2, -0.15) is 0 Å². The number of hydrogen-bond acceptors (Lipinski definition) is 4. The first-order chi connectivity index (χ1) is 13.2. The van der Waals surface area contributed by atoms with Crippen LogP contribution in [0.15, 0.2) is 24.4 Å². The lowest BCUT2D eigenvalue weighted by Crippen LogP contribution is -2.14. The van der Waals surface area contributed by atoms with Crippen LogP contribution in [-0.4, -0.2) is 42.3 Å². The zero-order valence-electron chi connectivity index (χ0n) is 18.4. The Hall–Kier alpha value is -2.40. The molecule has 5 nitrogen and oxygen atoms in total. The van der Waals surface area contributed by atoms with E-state index in [4.69, 9.17) is 14.7 Å². The zero-order valence-corrected chi connectivity index (χ0v) is 18.4. The van der Waals surface area contributed by atoms with E-state index >= 15 is 0 Å². The van der Waals surface area contributed by atoms with Gasteiger partial charge in [-0.05, 0) is 56.0 Å². The largest absolute Gasteiger partial charge is 0.383 e. The summed E-state index contributed by atoms with van der Waals surface area (Å²) in [4.78, 5) is 12.1. The summed E-state index contributed by atoms with van der Waals surface area (Å²) >= 11 is 0. The van der Waals surface area contributed by atoms with E-state index in [9.17, 15) is 0 Å². The molecule has 28 heavy (non-hydrogen) atoms. The molecule has 0 fully saturated rings. The fourth-order valence-electron chi connectivity index (χ4n) is 3.69. The van der Waals surface area contributed by atoms with Gasteiger partial charge >= 0.3 is 0 Å². The summed E-state index contributed by atoms with van der Waals surface area (Å²) in [7, 11) is 5.82. The van der Waals surface area contributed by atoms with E-state index in [0.717, 1.165) is 39.4 Å². The van der Waals surface area contributed by atoms with E-state index in [0.29, 0.717) is 12.5 Å². The third-order valence-electron chi connectivity index (χ3n) is 5.23. The van der Waals surface area contributed by atoms with Gasteiger partial charge in [-0.3, -0.25) is 0 Å². The standard InChI is InChI=1S/C23H32N4O/c1-14(2)19-10-9-18(23(24-19)26(6)7)21-15(3)11-20-22(25-21)16(4)12-27(20)17(5)13-28-8/h9-12,14,17H,13H2,1-8H3. The third-order valence-corrected chi connectivity index (χ3v) is 5.23. The monoisotopic (exact) mass is 380 g/mol. The minimum Gasteiger partial charge on any atom is -0.383 e. The Morgan fingerprint density at radius 3 is 2.39 bits per heavy atom. The summed E-state index contributed by atoms with van der Waals surface area (Å²) in [5.74, 6) is 1.36. The molecule has 0 amide bonds. The van der Waals surface area contributed by atoms with E-state index in [-0.39, 0.29) is 6.04 Å². The summed E-state index contributed by atoms with van der Waals surface area (Å²) in [6, 6.07) is 6.79. The van der Waals surface area contributed by atoms with E-state index in [1.54, 1.807) is 7.11 Å². The predicted octanol–water partition coefficient (Wildman–Crippen LogP) is 5.11. The van der Waals surface area contributed by atoms with Gasteiger partial charge in [-0.1, -0.05) is 13.8 Å². The zero-order chi connectivity index (χ0) is 20.6. The molecular formula is C23H32N4O. The SMILES string of the molecule is COCC(C)n1cc(C)c2nc(-c3ccc(C(C)C)nc3N(C)C)c(C)cc21. The van der Waals surface area contributed by atoms with E-state index in [1.165, 1.54) is 5.56 Å². The Kier molecular flexibility index (Phi) is 5.75. The van der Waals surface area contributed by atoms with Crippen molar-refractivity contribution in [2.45, 2.75) is 46.6 Å². The highest BCUT2D eigenvalue weighted by Gasteiger charge is 2.18. The van der Waals surface area contributed by atoms with Gasteiger partial charge in [0, 0.05) is 38.7 Å². The molecule has 0 radical (unpaired) electrons. The fraction of sp³-hybridized carbons (Fsp3) is 0.478. The summed E-state index contributed by atoms with van der Waals surface area (Å²) in [6.45, 7) is 11.4. The van der Waals surface area contributed by atoms with Crippen LogP contribution in [0.5, 0.6) is 0 Å². The van der Waals surface area contributed by atoms with Gasteiger partial charge in [-0.25, -0.2) is 9.97 Å². The van der Waals surface area contributed by atoms with Crippen molar-refractivity contribution in [3.63, 3.8) is 0 Å². The average Bonchev–Trinajstić information content (AvgIpc) is 2.96. The molecule has 0 spiro atoms. The highest BCUT2D eigenvalue weighted by molar-refractivity contribution is 5.86. The van der Waals surface area contributed by atoms with Crippen molar-refractivity contribution < 1.29 is 4.74 Å². The molecule has 150 valence electrons. The van der Waals surface area contributed by atoms with Crippen molar-refractivity contribution in [1.29, 1.82) is 0 Å². The van der Waals surface area contributed by atoms with Crippen LogP contribution >= 0.6 is 0 Å². The van der Waals surface area contributed by atoms with Crippen molar-refractivity contribution in [1.82, 2.24) is 14.5 Å². The molecule has 0 saturated heterocycles. The number of pyridine rings is 2. The maximum Gasteiger partial charge on any atom is 0.137 e. The lowest BCUT2D eigenvalue weighted by atomic mass is 10.0. The van der Waals surface area contributed by atoms with Gasteiger partial charge in [0.1, 0.15) is 5.82 Å². The van der Waals surface area contributed by atoms with Crippen LogP contribution in [0.2, 0.25) is 0 Å². The van der Waals surface area contributed by atoms with Crippen LogP contribution in [0.3, 0.4) is 0 Å². The molecule has 3 rings (SSSR count). The first-order valence-corrected chi connectivity index (χ1v) is 9.91. The lowest BCUT2D eigenvalue weighted by Gasteiger charge is -2.20. The number of nitrogens with zero attached hydrogens (tertiary/aromatic N) is 4. The smallest absolute Gasteiger partial charge is 0.137 e. The Bertz CT molecular complexity index is 988. The average molecular weight is 381 g/mol. The number of ether oxygens (including phenoxy) is 1. The van der Waals surface area contributed by atoms with Gasteiger partial charge in [0.05, 0.1) is 29.4 Å². The van der Waals surface area contributed by atoms with Crippen LogP contribution in [-0.2, 0) is 4.74 Å². The van der Waals surface area contributed by atoms with Gasteiger partial charge in [0.15, 0.2) is 0 Å². The topological polar surface area (TPSA) is 43.2 Å². The van der Waals surface area contributed by atoms with Crippen molar-refractivity contribution in [2.24, 2.45) is 0 Å². The molecular weight excluding hydrogens is 348 g/mol. The van der Waals surface area contributed by atoms with Gasteiger partial charge < -0.3 is 14.2 Å². The van der Waals surface area contributed by atoms with Crippen molar-refractivity contribution >= 4 is 16.9 Å². The second kappa shape index (κ2) is 7.92. The van der Waals surface area contributed by atoms with Crippen molar-refractivity contribution in [3.05, 3.63) is 41.2 Å². The summed E-state index contributed by atoms with van der Waals surface area (Å²) < 4.78 is 7.63. The lowest BCUT2D eigenvalue weighted by molar-refractivity contribution is 0.164. The Balaban J connectivity index is 2.20. The van der Waals surface area contributed by atoms with Crippen LogP contribution in [0.1, 0.15) is 49.6 Å². The highest BCUT2D eigenvalue weighted by atomic mass is 16.5. The Morgan fingerprint density at radius 1 is 1.07 bits per heavy atom. The molecule has 0 N–H and O–H groups in total. The predicted molar refractivity (Wildman–Crippen MR) is 117 cm³/mol. The normalized spacial score (nSPS) is 12.8. The number of rotatable bonds is 6. The maximum atomic E-state index is 5.36. The summed E-state index contributed by atoms with van der Waals surface area (Å²) in [5, 5.41) is 0. The number of aryl methyl sites for hydroxylation is 2. The van der Waals surface area contributed by atoms with E-state index in [1.807, 2.05) is 14.1 Å². The van der Waals surface area contributed by atoms with Crippen LogP contribution < -0.4 is 4.90 Å². The Morgan fingerprint density at radius 2 is 1.79 bits per heavy atom. The van der Waals surface area contributed by atoms with Crippen LogP contribution in [0.4, 0.5) is 5.82 Å². The van der Waals surface area contributed by atoms with Gasteiger partial charge in [0.2, 0.25) is 0 Å². The van der Waals surface area contributed by atoms with Crippen LogP contribution in [0, 0.1) is 13.8 Å². The number of anilines is 1. The van der Waals surface area contributed by atoms with Crippen molar-refractivity contribution in [3.8, 4) is 11.3 Å². The molecule has 0 aromatic carbocycles. The molecule has 0 aliphatic heterocycles. The highest BCUT2D eigenvalue weighted by Crippen LogP contribution is 2.34. The number of hydrogen-bond donors (Lipinski definition) is 0. The second-order valence-electron chi connectivity index (χ2n) is 8.20. The molecule has 3 aromatic heterocycles. The number of methoxy groups -OCH3 is 1. The third kappa shape index (κ3) is 3.63. The molecule has 3 aromatic rings. The molecule has 1 unspecified atom stereocenters. The van der Waals surface area contributed by atoms with Gasteiger partial charge in [0.25, 0.3) is 0 Å². The molecule has 1 atom stereocenters. The minimum absolute atomic E-state index is 0.262. The quantitative estimate of drug-likeness (QED) is 0.596. The molecule has 0 saturated carbocycles. The van der Waals surface area contributed by atoms with Crippen LogP contribution in [0.25, 0.3) is 22.3 Å². The summed E-state index contributed by atoms with van der Waals surface area (Å²) in [5.41, 5.74) is 7.70. The fourth-order valence-corrected chi connectivity index (χ4v) is 3.69. The molecule has 5 heteroatoms. The number of aromatic nitrogens is 3. The maximum absolute atomic E-state index is 5.36. The second-order valence-corrected chi connectivity index (χ2v) is 8.20. The number of fused-ring (bicyclic) bond motifs is 1. The molecule has 3 heterocycles. The first kappa shape index (κ1) is 20.3. The minimum atomic E-state index is 0.262. The van der Waals surface area contributed by atoms with Gasteiger partial charge in [-0.15, -0.1) is 0 Å². The van der Waals surface area contributed by atoms with E-state index in [2.05, 4.69) is 68.5 Å². The summed E-state index contributed by atoms with van der Waals surface area (Å²) in [6.07, 6.45) is 2.18. The molecule has 0 aliphatic carbocycles. The van der Waals surface area contributed by atoms with E-state index < -0.39 is 0 Å². The molecule has 0 aliphatic rings.